The molecule has 0 radical (unpaired) electrons. The second-order valence-electron chi connectivity index (χ2n) is 3.46. The summed E-state index contributed by atoms with van der Waals surface area (Å²) in [5, 5.41) is 9.36. The van der Waals surface area contributed by atoms with E-state index in [1.54, 1.807) is 0 Å². The summed E-state index contributed by atoms with van der Waals surface area (Å²) in [4.78, 5) is 0. The zero-order chi connectivity index (χ0) is 10.7. The Hall–Kier alpha value is -1.42. The monoisotopic (exact) mass is 219 g/mol. The van der Waals surface area contributed by atoms with Crippen molar-refractivity contribution in [1.29, 1.82) is 0 Å². The van der Waals surface area contributed by atoms with E-state index in [4.69, 9.17) is 5.73 Å². The summed E-state index contributed by atoms with van der Waals surface area (Å²) in [5.74, 6) is 0. The fraction of sp³-hybridized carbons (Fsp3) is 0.273. The number of aromatic nitrogens is 2. The molecule has 1 heterocycles. The number of hydrogen-bond acceptors (Lipinski definition) is 4. The summed E-state index contributed by atoms with van der Waals surface area (Å²) >= 11 is 1.47. The number of aryl methyl sites for hydroxylation is 3. The summed E-state index contributed by atoms with van der Waals surface area (Å²) in [7, 11) is 0. The highest BCUT2D eigenvalue weighted by Gasteiger charge is 2.02. The van der Waals surface area contributed by atoms with Gasteiger partial charge in [-0.05, 0) is 24.5 Å². The molecular formula is C11H13N3S. The van der Waals surface area contributed by atoms with Crippen molar-refractivity contribution in [2.45, 2.75) is 19.8 Å². The molecule has 0 aliphatic heterocycles. The highest BCUT2D eigenvalue weighted by atomic mass is 32.1. The van der Waals surface area contributed by atoms with Gasteiger partial charge in [-0.25, -0.2) is 0 Å². The minimum absolute atomic E-state index is 0.551. The largest absolute Gasteiger partial charge is 0.374 e. The summed E-state index contributed by atoms with van der Waals surface area (Å²) in [6.45, 7) is 2.13. The first-order valence-corrected chi connectivity index (χ1v) is 5.70. The molecule has 0 atom stereocenters. The van der Waals surface area contributed by atoms with Gasteiger partial charge in [0.15, 0.2) is 0 Å². The molecule has 15 heavy (non-hydrogen) atoms. The lowest BCUT2D eigenvalue weighted by atomic mass is 10.0. The lowest BCUT2D eigenvalue weighted by Crippen LogP contribution is -1.93. The Morgan fingerprint density at radius 3 is 2.67 bits per heavy atom. The molecule has 2 rings (SSSR count). The van der Waals surface area contributed by atoms with Crippen LogP contribution >= 0.6 is 11.3 Å². The third kappa shape index (κ3) is 2.53. The van der Waals surface area contributed by atoms with Crippen LogP contribution in [0.3, 0.4) is 0 Å². The molecule has 0 spiro atoms. The normalized spacial score (nSPS) is 10.5. The molecule has 2 N–H and O–H groups in total. The molecule has 0 saturated heterocycles. The Morgan fingerprint density at radius 1 is 1.20 bits per heavy atom. The number of nitrogen functional groups attached to an aromatic ring is 1. The summed E-state index contributed by atoms with van der Waals surface area (Å²) in [6.07, 6.45) is 1.92. The predicted molar refractivity (Wildman–Crippen MR) is 62.9 cm³/mol. The maximum atomic E-state index is 5.52. The fourth-order valence-electron chi connectivity index (χ4n) is 1.50. The SMILES string of the molecule is Cc1ccccc1CCc1nnc(N)s1. The first-order valence-electron chi connectivity index (χ1n) is 4.88. The number of rotatable bonds is 3. The second kappa shape index (κ2) is 4.40. The fourth-order valence-corrected chi connectivity index (χ4v) is 2.11. The third-order valence-electron chi connectivity index (χ3n) is 2.35. The van der Waals surface area contributed by atoms with Gasteiger partial charge < -0.3 is 5.73 Å². The molecule has 1 aromatic carbocycles. The van der Waals surface area contributed by atoms with Crippen molar-refractivity contribution in [3.63, 3.8) is 0 Å². The van der Waals surface area contributed by atoms with Crippen LogP contribution in [-0.2, 0) is 12.8 Å². The molecule has 0 bridgehead atoms. The van der Waals surface area contributed by atoms with Crippen LogP contribution in [-0.4, -0.2) is 10.2 Å². The van der Waals surface area contributed by atoms with Crippen LogP contribution < -0.4 is 5.73 Å². The maximum absolute atomic E-state index is 5.52. The summed E-state index contributed by atoms with van der Waals surface area (Å²) in [5.41, 5.74) is 8.22. The van der Waals surface area contributed by atoms with Crippen LogP contribution in [0.25, 0.3) is 0 Å². The van der Waals surface area contributed by atoms with E-state index >= 15 is 0 Å². The minimum atomic E-state index is 0.551. The van der Waals surface area contributed by atoms with Crippen molar-refractivity contribution >= 4 is 16.5 Å². The molecule has 1 aromatic heterocycles. The third-order valence-corrected chi connectivity index (χ3v) is 3.16. The number of hydrogen-bond donors (Lipinski definition) is 1. The van der Waals surface area contributed by atoms with Crippen LogP contribution in [0.1, 0.15) is 16.1 Å². The van der Waals surface area contributed by atoms with E-state index in [0.29, 0.717) is 5.13 Å². The Kier molecular flexibility index (Phi) is 2.97. The Bertz CT molecular complexity index is 451. The van der Waals surface area contributed by atoms with Crippen LogP contribution in [0.2, 0.25) is 0 Å². The first-order chi connectivity index (χ1) is 7.25. The van der Waals surface area contributed by atoms with Crippen molar-refractivity contribution < 1.29 is 0 Å². The highest BCUT2D eigenvalue weighted by Crippen LogP contribution is 2.15. The van der Waals surface area contributed by atoms with Crippen LogP contribution in [0, 0.1) is 6.92 Å². The molecule has 78 valence electrons. The van der Waals surface area contributed by atoms with E-state index < -0.39 is 0 Å². The van der Waals surface area contributed by atoms with Gasteiger partial charge in [0, 0.05) is 6.42 Å². The van der Waals surface area contributed by atoms with E-state index in [1.807, 2.05) is 0 Å². The van der Waals surface area contributed by atoms with Gasteiger partial charge in [-0.15, -0.1) is 10.2 Å². The quantitative estimate of drug-likeness (QED) is 0.861. The van der Waals surface area contributed by atoms with Gasteiger partial charge in [-0.3, -0.25) is 0 Å². The number of nitrogens with two attached hydrogens (primary N) is 1. The lowest BCUT2D eigenvalue weighted by Gasteiger charge is -2.02. The average Bonchev–Trinajstić information content (AvgIpc) is 2.63. The van der Waals surface area contributed by atoms with Crippen LogP contribution in [0.15, 0.2) is 24.3 Å². The molecule has 0 amide bonds. The van der Waals surface area contributed by atoms with E-state index in [1.165, 1.54) is 22.5 Å². The van der Waals surface area contributed by atoms with Crippen molar-refractivity contribution in [1.82, 2.24) is 10.2 Å². The van der Waals surface area contributed by atoms with Crippen LogP contribution in [0.5, 0.6) is 0 Å². The van der Waals surface area contributed by atoms with Gasteiger partial charge in [0.05, 0.1) is 0 Å². The number of nitrogens with zero attached hydrogens (tertiary/aromatic N) is 2. The van der Waals surface area contributed by atoms with Gasteiger partial charge in [0.1, 0.15) is 5.01 Å². The van der Waals surface area contributed by atoms with Crippen LogP contribution in [0.4, 0.5) is 5.13 Å². The molecule has 0 fully saturated rings. The van der Waals surface area contributed by atoms with E-state index in [2.05, 4.69) is 41.4 Å². The van der Waals surface area contributed by atoms with E-state index in [0.717, 1.165) is 17.8 Å². The van der Waals surface area contributed by atoms with Crippen molar-refractivity contribution in [2.75, 3.05) is 5.73 Å². The molecule has 4 heteroatoms. The Labute approximate surface area is 93.0 Å². The zero-order valence-corrected chi connectivity index (χ0v) is 9.42. The number of anilines is 1. The molecule has 3 nitrogen and oxygen atoms in total. The average molecular weight is 219 g/mol. The Balaban J connectivity index is 2.02. The smallest absolute Gasteiger partial charge is 0.203 e. The topological polar surface area (TPSA) is 51.8 Å². The molecule has 0 aliphatic rings. The lowest BCUT2D eigenvalue weighted by molar-refractivity contribution is 0.900. The minimum Gasteiger partial charge on any atom is -0.374 e. The van der Waals surface area contributed by atoms with E-state index in [-0.39, 0.29) is 0 Å². The van der Waals surface area contributed by atoms with Crippen molar-refractivity contribution in [3.05, 3.63) is 40.4 Å². The van der Waals surface area contributed by atoms with Crippen molar-refractivity contribution in [2.24, 2.45) is 0 Å². The van der Waals surface area contributed by atoms with Gasteiger partial charge in [-0.2, -0.15) is 0 Å². The van der Waals surface area contributed by atoms with Gasteiger partial charge in [-0.1, -0.05) is 35.6 Å². The molecule has 2 aromatic rings. The Morgan fingerprint density at radius 2 is 2.00 bits per heavy atom. The zero-order valence-electron chi connectivity index (χ0n) is 8.60. The molecule has 0 saturated carbocycles. The standard InChI is InChI=1S/C11H13N3S/c1-8-4-2-3-5-9(8)6-7-10-13-14-11(12)15-10/h2-5H,6-7H2,1H3,(H2,12,14). The molecule has 0 unspecified atom stereocenters. The summed E-state index contributed by atoms with van der Waals surface area (Å²) in [6, 6.07) is 8.40. The number of benzene rings is 1. The van der Waals surface area contributed by atoms with Gasteiger partial charge >= 0.3 is 0 Å². The summed E-state index contributed by atoms with van der Waals surface area (Å²) < 4.78 is 0. The second-order valence-corrected chi connectivity index (χ2v) is 4.55. The first kappa shape index (κ1) is 10.1. The van der Waals surface area contributed by atoms with Gasteiger partial charge in [0.2, 0.25) is 5.13 Å². The van der Waals surface area contributed by atoms with Crippen molar-refractivity contribution in [3.8, 4) is 0 Å². The predicted octanol–water partition coefficient (Wildman–Crippen LogP) is 2.21. The van der Waals surface area contributed by atoms with Gasteiger partial charge in [0.25, 0.3) is 0 Å². The molecular weight excluding hydrogens is 206 g/mol. The maximum Gasteiger partial charge on any atom is 0.203 e. The molecule has 0 aliphatic carbocycles. The van der Waals surface area contributed by atoms with E-state index in [9.17, 15) is 0 Å². The highest BCUT2D eigenvalue weighted by molar-refractivity contribution is 7.15.